The first-order valence-corrected chi connectivity index (χ1v) is 12.3. The van der Waals surface area contributed by atoms with Gasteiger partial charge in [0, 0.05) is 19.1 Å². The molecule has 3 rings (SSSR count). The average Bonchev–Trinajstić information content (AvgIpc) is 2.68. The summed E-state index contributed by atoms with van der Waals surface area (Å²) in [5, 5.41) is 0. The first kappa shape index (κ1) is 21.0. The molecule has 2 aromatic carbocycles. The van der Waals surface area contributed by atoms with Crippen LogP contribution in [0.25, 0.3) is 0 Å². The van der Waals surface area contributed by atoms with Gasteiger partial charge in [0.15, 0.2) is 0 Å². The minimum absolute atomic E-state index is 0.236. The highest BCUT2D eigenvalue weighted by Crippen LogP contribution is 2.22. The summed E-state index contributed by atoms with van der Waals surface area (Å²) in [6.07, 6.45) is 1.73. The van der Waals surface area contributed by atoms with E-state index in [1.807, 2.05) is 26.0 Å². The van der Waals surface area contributed by atoms with E-state index in [-0.39, 0.29) is 28.9 Å². The number of rotatable bonds is 6. The van der Waals surface area contributed by atoms with Crippen LogP contribution in [-0.2, 0) is 26.5 Å². The fraction of sp³-hybridized carbons (Fsp3) is 0.400. The van der Waals surface area contributed by atoms with Gasteiger partial charge in [-0.1, -0.05) is 36.8 Å². The number of hydrogen-bond acceptors (Lipinski definition) is 4. The van der Waals surface area contributed by atoms with Crippen molar-refractivity contribution in [1.82, 2.24) is 9.03 Å². The molecule has 0 saturated carbocycles. The van der Waals surface area contributed by atoms with Crippen molar-refractivity contribution in [2.75, 3.05) is 13.1 Å². The van der Waals surface area contributed by atoms with Gasteiger partial charge in [-0.3, -0.25) is 0 Å². The van der Waals surface area contributed by atoms with E-state index in [1.165, 1.54) is 4.31 Å². The van der Waals surface area contributed by atoms with E-state index in [0.717, 1.165) is 17.5 Å². The van der Waals surface area contributed by atoms with E-state index >= 15 is 0 Å². The maximum atomic E-state index is 12.8. The fourth-order valence-electron chi connectivity index (χ4n) is 3.27. The van der Waals surface area contributed by atoms with Gasteiger partial charge in [0.2, 0.25) is 20.0 Å². The SMILES string of the molecule is CCc1ccc(S(=O)(=O)NC2CCN(S(=O)(=O)c3ccc(C)cc3)CC2)cc1. The highest BCUT2D eigenvalue weighted by atomic mass is 32.2. The van der Waals surface area contributed by atoms with Crippen molar-refractivity contribution in [2.45, 2.75) is 48.9 Å². The normalized spacial score (nSPS) is 16.9. The van der Waals surface area contributed by atoms with Gasteiger partial charge < -0.3 is 0 Å². The summed E-state index contributed by atoms with van der Waals surface area (Å²) in [4.78, 5) is 0.507. The lowest BCUT2D eigenvalue weighted by molar-refractivity contribution is 0.308. The van der Waals surface area contributed by atoms with Crippen LogP contribution in [0.2, 0.25) is 0 Å². The first-order valence-electron chi connectivity index (χ1n) is 9.40. The molecular formula is C20H26N2O4S2. The summed E-state index contributed by atoms with van der Waals surface area (Å²) >= 11 is 0. The van der Waals surface area contributed by atoms with E-state index in [0.29, 0.717) is 12.8 Å². The zero-order chi connectivity index (χ0) is 20.4. The second-order valence-electron chi connectivity index (χ2n) is 7.11. The number of hydrogen-bond donors (Lipinski definition) is 1. The summed E-state index contributed by atoms with van der Waals surface area (Å²) in [6.45, 7) is 4.50. The lowest BCUT2D eigenvalue weighted by Crippen LogP contribution is -2.46. The molecule has 0 aromatic heterocycles. The minimum Gasteiger partial charge on any atom is -0.208 e. The number of nitrogens with one attached hydrogen (secondary N) is 1. The van der Waals surface area contributed by atoms with E-state index in [9.17, 15) is 16.8 Å². The maximum Gasteiger partial charge on any atom is 0.243 e. The van der Waals surface area contributed by atoms with Gasteiger partial charge in [0.1, 0.15) is 0 Å². The molecule has 0 radical (unpaired) electrons. The van der Waals surface area contributed by atoms with Crippen LogP contribution >= 0.6 is 0 Å². The van der Waals surface area contributed by atoms with Crippen molar-refractivity contribution in [3.8, 4) is 0 Å². The molecule has 1 N–H and O–H groups in total. The highest BCUT2D eigenvalue weighted by Gasteiger charge is 2.31. The zero-order valence-electron chi connectivity index (χ0n) is 16.1. The minimum atomic E-state index is -3.61. The average molecular weight is 423 g/mol. The van der Waals surface area contributed by atoms with Gasteiger partial charge in [-0.05, 0) is 56.0 Å². The molecule has 0 unspecified atom stereocenters. The Balaban J connectivity index is 1.64. The Hall–Kier alpha value is -1.74. The molecule has 1 fully saturated rings. The summed E-state index contributed by atoms with van der Waals surface area (Å²) in [6, 6.07) is 13.3. The third-order valence-electron chi connectivity index (χ3n) is 5.08. The lowest BCUT2D eigenvalue weighted by Gasteiger charge is -2.31. The lowest BCUT2D eigenvalue weighted by atomic mass is 10.1. The van der Waals surface area contributed by atoms with Crippen molar-refractivity contribution in [3.63, 3.8) is 0 Å². The smallest absolute Gasteiger partial charge is 0.208 e. The van der Waals surface area contributed by atoms with Crippen LogP contribution in [-0.4, -0.2) is 40.3 Å². The zero-order valence-corrected chi connectivity index (χ0v) is 17.8. The van der Waals surface area contributed by atoms with Gasteiger partial charge in [0.05, 0.1) is 9.79 Å². The van der Waals surface area contributed by atoms with Gasteiger partial charge in [0.25, 0.3) is 0 Å². The topological polar surface area (TPSA) is 83.6 Å². The Labute approximate surface area is 167 Å². The molecule has 0 atom stereocenters. The van der Waals surface area contributed by atoms with Crippen LogP contribution in [0.5, 0.6) is 0 Å². The molecule has 6 nitrogen and oxygen atoms in total. The van der Waals surface area contributed by atoms with Crippen molar-refractivity contribution in [3.05, 3.63) is 59.7 Å². The number of sulfonamides is 2. The Bertz CT molecular complexity index is 1010. The number of piperidine rings is 1. The summed E-state index contributed by atoms with van der Waals surface area (Å²) < 4.78 is 54.8. The third-order valence-corrected chi connectivity index (χ3v) is 8.53. The molecule has 0 bridgehead atoms. The fourth-order valence-corrected chi connectivity index (χ4v) is 6.04. The van der Waals surface area contributed by atoms with Gasteiger partial charge in [-0.15, -0.1) is 0 Å². The third kappa shape index (κ3) is 4.63. The summed E-state index contributed by atoms with van der Waals surface area (Å²) in [5.41, 5.74) is 2.08. The first-order chi connectivity index (χ1) is 13.2. The Morgan fingerprint density at radius 3 is 1.96 bits per heavy atom. The molecule has 0 amide bonds. The van der Waals surface area contributed by atoms with Crippen molar-refractivity contribution >= 4 is 20.0 Å². The Kier molecular flexibility index (Phi) is 6.24. The van der Waals surface area contributed by atoms with Crippen LogP contribution in [0, 0.1) is 6.92 Å². The van der Waals surface area contributed by atoms with E-state index in [4.69, 9.17) is 0 Å². The number of aryl methyl sites for hydroxylation is 2. The van der Waals surface area contributed by atoms with Gasteiger partial charge in [-0.2, -0.15) is 4.31 Å². The van der Waals surface area contributed by atoms with E-state index in [1.54, 1.807) is 36.4 Å². The molecule has 152 valence electrons. The number of nitrogens with zero attached hydrogens (tertiary/aromatic N) is 1. The predicted octanol–water partition coefficient (Wildman–Crippen LogP) is 2.69. The maximum absolute atomic E-state index is 12.8. The number of benzene rings is 2. The predicted molar refractivity (Wildman–Crippen MR) is 109 cm³/mol. The molecule has 1 saturated heterocycles. The molecule has 1 heterocycles. The van der Waals surface area contributed by atoms with Crippen molar-refractivity contribution in [2.24, 2.45) is 0 Å². The van der Waals surface area contributed by atoms with Gasteiger partial charge in [-0.25, -0.2) is 21.6 Å². The quantitative estimate of drug-likeness (QED) is 0.776. The molecule has 2 aromatic rings. The van der Waals surface area contributed by atoms with Crippen LogP contribution in [0.1, 0.15) is 30.9 Å². The highest BCUT2D eigenvalue weighted by molar-refractivity contribution is 7.89. The monoisotopic (exact) mass is 422 g/mol. The summed E-state index contributed by atoms with van der Waals surface area (Å²) in [5.74, 6) is 0. The van der Waals surface area contributed by atoms with Gasteiger partial charge >= 0.3 is 0 Å². The Morgan fingerprint density at radius 1 is 0.893 bits per heavy atom. The van der Waals surface area contributed by atoms with Crippen LogP contribution in [0.3, 0.4) is 0 Å². The van der Waals surface area contributed by atoms with Crippen molar-refractivity contribution < 1.29 is 16.8 Å². The molecule has 1 aliphatic heterocycles. The van der Waals surface area contributed by atoms with E-state index in [2.05, 4.69) is 4.72 Å². The second-order valence-corrected chi connectivity index (χ2v) is 10.8. The van der Waals surface area contributed by atoms with Crippen LogP contribution in [0.4, 0.5) is 0 Å². The largest absolute Gasteiger partial charge is 0.243 e. The standard InChI is InChI=1S/C20H26N2O4S2/c1-3-17-6-10-19(11-7-17)27(23,24)21-18-12-14-22(15-13-18)28(25,26)20-8-4-16(2)5-9-20/h4-11,18,21H,3,12-15H2,1-2H3. The second kappa shape index (κ2) is 8.32. The van der Waals surface area contributed by atoms with Crippen LogP contribution < -0.4 is 4.72 Å². The van der Waals surface area contributed by atoms with Crippen LogP contribution in [0.15, 0.2) is 58.3 Å². The molecular weight excluding hydrogens is 396 g/mol. The molecule has 1 aliphatic rings. The summed E-state index contributed by atoms with van der Waals surface area (Å²) in [7, 11) is -7.16. The Morgan fingerprint density at radius 2 is 1.43 bits per heavy atom. The van der Waals surface area contributed by atoms with E-state index < -0.39 is 20.0 Å². The van der Waals surface area contributed by atoms with Crippen molar-refractivity contribution in [1.29, 1.82) is 0 Å². The molecule has 0 aliphatic carbocycles. The molecule has 28 heavy (non-hydrogen) atoms. The molecule has 0 spiro atoms. The molecule has 8 heteroatoms.